The second-order valence-corrected chi connectivity index (χ2v) is 11.7. The first-order valence-corrected chi connectivity index (χ1v) is 13.1. The molecule has 2 aliphatic heterocycles. The summed E-state index contributed by atoms with van der Waals surface area (Å²) < 4.78 is 13.1. The quantitative estimate of drug-likeness (QED) is 0.331. The van der Waals surface area contributed by atoms with Gasteiger partial charge in [-0.15, -0.1) is 20.4 Å². The van der Waals surface area contributed by atoms with Crippen LogP contribution in [-0.4, -0.2) is 60.7 Å². The topological polar surface area (TPSA) is 108 Å². The van der Waals surface area contributed by atoms with Gasteiger partial charge in [-0.05, 0) is 73.5 Å². The smallest absolute Gasteiger partial charge is 0.330 e. The molecule has 1 saturated heterocycles. The molecule has 0 aliphatic carbocycles. The summed E-state index contributed by atoms with van der Waals surface area (Å²) >= 11 is 3.82. The van der Waals surface area contributed by atoms with Crippen LogP contribution in [0.2, 0.25) is 0 Å². The third-order valence-corrected chi connectivity index (χ3v) is 7.92. The van der Waals surface area contributed by atoms with Gasteiger partial charge in [-0.3, -0.25) is 0 Å². The summed E-state index contributed by atoms with van der Waals surface area (Å²) in [5.41, 5.74) is 0.664. The van der Waals surface area contributed by atoms with Gasteiger partial charge in [0.05, 0.1) is 0 Å². The van der Waals surface area contributed by atoms with Crippen LogP contribution in [0.15, 0.2) is 18.2 Å². The number of halogens is 1. The summed E-state index contributed by atoms with van der Waals surface area (Å²) in [6.45, 7) is 7.05. The second-order valence-electron chi connectivity index (χ2n) is 9.61. The van der Waals surface area contributed by atoms with Crippen molar-refractivity contribution >= 4 is 45.0 Å². The van der Waals surface area contributed by atoms with Crippen molar-refractivity contribution in [2.75, 3.05) is 18.0 Å². The van der Waals surface area contributed by atoms with Crippen LogP contribution in [0.5, 0.6) is 5.75 Å². The largest absolute Gasteiger partial charge is 0.487 e. The number of carbonyl (C=O) groups excluding carboxylic acids is 1. The summed E-state index contributed by atoms with van der Waals surface area (Å²) in [4.78, 5) is 15.5. The molecule has 34 heavy (non-hydrogen) atoms. The van der Waals surface area contributed by atoms with Crippen molar-refractivity contribution in [2.45, 2.75) is 64.2 Å². The summed E-state index contributed by atoms with van der Waals surface area (Å²) in [6, 6.07) is 6.29. The Morgan fingerprint density at radius 2 is 2.00 bits per heavy atom. The minimum atomic E-state index is -0.563. The van der Waals surface area contributed by atoms with E-state index in [1.807, 2.05) is 20.8 Å². The molecule has 12 heteroatoms. The van der Waals surface area contributed by atoms with Crippen LogP contribution in [0.4, 0.5) is 5.13 Å². The number of piperidine rings is 1. The molecule has 10 nitrogen and oxygen atoms in total. The molecule has 0 amide bonds. The van der Waals surface area contributed by atoms with E-state index < -0.39 is 11.6 Å². The predicted molar refractivity (Wildman–Crippen MR) is 135 cm³/mol. The number of anilines is 1. The monoisotopic (exact) mass is 595 g/mol. The molecule has 3 aromatic rings. The number of hydrogen-bond donors (Lipinski definition) is 0. The minimum Gasteiger partial charge on any atom is -0.487 e. The summed E-state index contributed by atoms with van der Waals surface area (Å²) in [5.74, 6) is 0.965. The first-order chi connectivity index (χ1) is 16.2. The van der Waals surface area contributed by atoms with Crippen molar-refractivity contribution in [2.24, 2.45) is 0 Å². The summed E-state index contributed by atoms with van der Waals surface area (Å²) in [7, 11) is 0. The highest BCUT2D eigenvalue weighted by atomic mass is 127. The molecule has 0 N–H and O–H groups in total. The standard InChI is InChI=1S/C22H26IN7O3S/c1-21(2,3)33-17(31)13-30-27-18(24-28-30)19-25-26-20(34-19)29-11-9-22(10-12-29)8-7-14-15(23)5-4-6-16(14)32-22/h4-6H,7-13H2,1-3H3. The molecule has 1 fully saturated rings. The van der Waals surface area contributed by atoms with Gasteiger partial charge in [-0.2, -0.15) is 4.80 Å². The van der Waals surface area contributed by atoms with E-state index in [9.17, 15) is 4.79 Å². The van der Waals surface area contributed by atoms with Gasteiger partial charge in [0.15, 0.2) is 11.6 Å². The Morgan fingerprint density at radius 3 is 2.76 bits per heavy atom. The average Bonchev–Trinajstić information content (AvgIpc) is 3.43. The highest BCUT2D eigenvalue weighted by Gasteiger charge is 2.40. The van der Waals surface area contributed by atoms with Gasteiger partial charge in [0.1, 0.15) is 17.0 Å². The molecule has 0 bridgehead atoms. The van der Waals surface area contributed by atoms with Crippen molar-refractivity contribution in [1.29, 1.82) is 0 Å². The maximum atomic E-state index is 12.0. The van der Waals surface area contributed by atoms with Crippen LogP contribution in [0, 0.1) is 3.57 Å². The Bertz CT molecular complexity index is 1200. The van der Waals surface area contributed by atoms with Crippen molar-refractivity contribution in [3.63, 3.8) is 0 Å². The Morgan fingerprint density at radius 1 is 1.21 bits per heavy atom. The second kappa shape index (κ2) is 9.02. The van der Waals surface area contributed by atoms with Crippen molar-refractivity contribution < 1.29 is 14.3 Å². The lowest BCUT2D eigenvalue weighted by Gasteiger charge is -2.44. The third kappa shape index (κ3) is 5.02. The molecule has 1 aromatic carbocycles. The molecule has 2 aromatic heterocycles. The van der Waals surface area contributed by atoms with Gasteiger partial charge in [0, 0.05) is 35.1 Å². The van der Waals surface area contributed by atoms with Gasteiger partial charge in [0.25, 0.3) is 0 Å². The zero-order valence-corrected chi connectivity index (χ0v) is 22.3. The van der Waals surface area contributed by atoms with Crippen LogP contribution in [0.25, 0.3) is 10.8 Å². The van der Waals surface area contributed by atoms with E-state index in [4.69, 9.17) is 9.47 Å². The minimum absolute atomic E-state index is 0.104. The number of fused-ring (bicyclic) bond motifs is 1. The van der Waals surface area contributed by atoms with E-state index >= 15 is 0 Å². The molecule has 0 atom stereocenters. The number of nitrogens with zero attached hydrogens (tertiary/aromatic N) is 7. The molecular weight excluding hydrogens is 569 g/mol. The van der Waals surface area contributed by atoms with Gasteiger partial charge in [-0.25, -0.2) is 4.79 Å². The summed E-state index contributed by atoms with van der Waals surface area (Å²) in [5, 5.41) is 22.3. The molecule has 0 saturated carbocycles. The van der Waals surface area contributed by atoms with Gasteiger partial charge < -0.3 is 14.4 Å². The average molecular weight is 595 g/mol. The molecule has 0 unspecified atom stereocenters. The van der Waals surface area contributed by atoms with Crippen LogP contribution in [0.1, 0.15) is 45.6 Å². The number of tetrazole rings is 1. The van der Waals surface area contributed by atoms with E-state index in [0.717, 1.165) is 49.7 Å². The first-order valence-electron chi connectivity index (χ1n) is 11.2. The Balaban J connectivity index is 1.20. The maximum Gasteiger partial charge on any atom is 0.330 e. The lowest BCUT2D eigenvalue weighted by Crippen LogP contribution is -2.50. The number of esters is 1. The zero-order valence-electron chi connectivity index (χ0n) is 19.3. The molecule has 180 valence electrons. The van der Waals surface area contributed by atoms with E-state index in [-0.39, 0.29) is 12.1 Å². The van der Waals surface area contributed by atoms with E-state index in [1.165, 1.54) is 25.3 Å². The Kier molecular flexibility index (Phi) is 6.21. The van der Waals surface area contributed by atoms with Crippen molar-refractivity contribution in [3.8, 4) is 16.6 Å². The number of benzene rings is 1. The fourth-order valence-corrected chi connectivity index (χ4v) is 5.85. The molecule has 1 spiro atoms. The van der Waals surface area contributed by atoms with Crippen LogP contribution < -0.4 is 9.64 Å². The molecular formula is C22H26IN7O3S. The lowest BCUT2D eigenvalue weighted by atomic mass is 9.83. The van der Waals surface area contributed by atoms with Gasteiger partial charge in [0.2, 0.25) is 11.0 Å². The molecule has 0 radical (unpaired) electrons. The van der Waals surface area contributed by atoms with E-state index in [1.54, 1.807) is 0 Å². The number of hydrogen-bond acceptors (Lipinski definition) is 10. The van der Waals surface area contributed by atoms with Crippen LogP contribution in [-0.2, 0) is 22.5 Å². The predicted octanol–water partition coefficient (Wildman–Crippen LogP) is 3.50. The first kappa shape index (κ1) is 23.4. The van der Waals surface area contributed by atoms with E-state index in [2.05, 4.69) is 71.3 Å². The molecule has 2 aliphatic rings. The fraction of sp³-hybridized carbons (Fsp3) is 0.545. The lowest BCUT2D eigenvalue weighted by molar-refractivity contribution is -0.156. The molecule has 4 heterocycles. The number of ether oxygens (including phenoxy) is 2. The van der Waals surface area contributed by atoms with Crippen molar-refractivity contribution in [3.05, 3.63) is 27.3 Å². The Hall–Kier alpha value is -2.35. The fourth-order valence-electron chi connectivity index (χ4n) is 4.29. The third-order valence-electron chi connectivity index (χ3n) is 5.93. The van der Waals surface area contributed by atoms with Crippen LogP contribution >= 0.6 is 33.9 Å². The van der Waals surface area contributed by atoms with Gasteiger partial charge >= 0.3 is 5.97 Å². The maximum absolute atomic E-state index is 12.0. The highest BCUT2D eigenvalue weighted by molar-refractivity contribution is 14.1. The molecule has 5 rings (SSSR count). The van der Waals surface area contributed by atoms with Crippen LogP contribution in [0.3, 0.4) is 0 Å². The van der Waals surface area contributed by atoms with Gasteiger partial charge in [-0.1, -0.05) is 17.4 Å². The van der Waals surface area contributed by atoms with E-state index in [0.29, 0.717) is 10.8 Å². The Labute approximate surface area is 215 Å². The SMILES string of the molecule is CC(C)(C)OC(=O)Cn1nnc(-c2nnc(N3CCC4(CCc5c(I)cccc5O4)CC3)s2)n1. The van der Waals surface area contributed by atoms with Crippen molar-refractivity contribution in [1.82, 2.24) is 30.4 Å². The highest BCUT2D eigenvalue weighted by Crippen LogP contribution is 2.41. The summed E-state index contributed by atoms with van der Waals surface area (Å²) in [6.07, 6.45) is 3.98. The zero-order chi connectivity index (χ0) is 23.9. The number of carbonyl (C=O) groups is 1. The number of aromatic nitrogens is 6. The normalized spacial score (nSPS) is 17.4. The number of rotatable bonds is 4.